The van der Waals surface area contributed by atoms with Crippen molar-refractivity contribution < 1.29 is 9.90 Å². The Hall–Kier alpha value is -3.65. The van der Waals surface area contributed by atoms with Crippen molar-refractivity contribution >= 4 is 23.7 Å². The van der Waals surface area contributed by atoms with Gasteiger partial charge in [-0.05, 0) is 31.2 Å². The summed E-state index contributed by atoms with van der Waals surface area (Å²) < 4.78 is 0.841. The molecular formula is C19H15ClN4O4. The highest BCUT2D eigenvalue weighted by atomic mass is 35.5. The van der Waals surface area contributed by atoms with Crippen LogP contribution in [-0.4, -0.2) is 26.8 Å². The summed E-state index contributed by atoms with van der Waals surface area (Å²) in [4.78, 5) is 38.4. The summed E-state index contributed by atoms with van der Waals surface area (Å²) in [5.41, 5.74) is 1.69. The Morgan fingerprint density at radius 3 is 2.68 bits per heavy atom. The van der Waals surface area contributed by atoms with E-state index in [4.69, 9.17) is 11.6 Å². The number of H-pyrrole nitrogens is 1. The van der Waals surface area contributed by atoms with Crippen LogP contribution in [0.3, 0.4) is 0 Å². The van der Waals surface area contributed by atoms with Crippen molar-refractivity contribution in [3.05, 3.63) is 91.1 Å². The summed E-state index contributed by atoms with van der Waals surface area (Å²) >= 11 is 6.07. The van der Waals surface area contributed by atoms with Crippen LogP contribution in [0.4, 0.5) is 0 Å². The number of nitrogens with one attached hydrogen (secondary N) is 2. The molecule has 0 atom stereocenters. The van der Waals surface area contributed by atoms with E-state index in [2.05, 4.69) is 15.5 Å². The SMILES string of the molecule is Cc1cccc(C(=O)NN=Cc2c(O)n(-c3ccccc3Cl)c(=O)[nH]c2=O)c1. The van der Waals surface area contributed by atoms with Crippen molar-refractivity contribution in [2.75, 3.05) is 0 Å². The van der Waals surface area contributed by atoms with Crippen LogP contribution in [0.5, 0.6) is 5.88 Å². The van der Waals surface area contributed by atoms with E-state index in [0.717, 1.165) is 16.3 Å². The van der Waals surface area contributed by atoms with Crippen molar-refractivity contribution in [1.82, 2.24) is 15.0 Å². The molecule has 0 saturated heterocycles. The molecule has 3 aromatic rings. The number of hydrogen-bond acceptors (Lipinski definition) is 5. The summed E-state index contributed by atoms with van der Waals surface area (Å²) in [7, 11) is 0. The van der Waals surface area contributed by atoms with Gasteiger partial charge in [-0.1, -0.05) is 41.4 Å². The molecule has 1 amide bonds. The summed E-state index contributed by atoms with van der Waals surface area (Å²) in [5, 5.41) is 14.3. The zero-order chi connectivity index (χ0) is 20.3. The van der Waals surface area contributed by atoms with Gasteiger partial charge in [-0.25, -0.2) is 14.8 Å². The summed E-state index contributed by atoms with van der Waals surface area (Å²) in [6.07, 6.45) is 0.953. The molecule has 2 aromatic carbocycles. The number of aromatic amines is 1. The number of nitrogens with zero attached hydrogens (tertiary/aromatic N) is 2. The maximum Gasteiger partial charge on any atom is 0.335 e. The Bertz CT molecular complexity index is 1200. The second-order valence-corrected chi connectivity index (χ2v) is 6.26. The van der Waals surface area contributed by atoms with E-state index in [-0.39, 0.29) is 16.3 Å². The van der Waals surface area contributed by atoms with E-state index in [9.17, 15) is 19.5 Å². The van der Waals surface area contributed by atoms with E-state index in [0.29, 0.717) is 5.56 Å². The lowest BCUT2D eigenvalue weighted by Gasteiger charge is -2.10. The Balaban J connectivity index is 1.95. The number of amides is 1. The molecule has 0 radical (unpaired) electrons. The molecule has 3 rings (SSSR count). The van der Waals surface area contributed by atoms with Crippen LogP contribution in [0.25, 0.3) is 5.69 Å². The van der Waals surface area contributed by atoms with Crippen molar-refractivity contribution in [3.63, 3.8) is 0 Å². The van der Waals surface area contributed by atoms with Gasteiger partial charge in [0.1, 0.15) is 5.56 Å². The Labute approximate surface area is 163 Å². The topological polar surface area (TPSA) is 117 Å². The van der Waals surface area contributed by atoms with Gasteiger partial charge in [-0.15, -0.1) is 0 Å². The molecule has 28 heavy (non-hydrogen) atoms. The molecule has 8 nitrogen and oxygen atoms in total. The fourth-order valence-corrected chi connectivity index (χ4v) is 2.74. The van der Waals surface area contributed by atoms with Gasteiger partial charge in [-0.3, -0.25) is 14.6 Å². The smallest absolute Gasteiger partial charge is 0.335 e. The largest absolute Gasteiger partial charge is 0.493 e. The van der Waals surface area contributed by atoms with Gasteiger partial charge >= 0.3 is 5.69 Å². The summed E-state index contributed by atoms with van der Waals surface area (Å²) in [5.74, 6) is -1.15. The van der Waals surface area contributed by atoms with Crippen LogP contribution in [0, 0.1) is 6.92 Å². The monoisotopic (exact) mass is 398 g/mol. The minimum Gasteiger partial charge on any atom is -0.493 e. The normalized spacial score (nSPS) is 10.9. The molecule has 3 N–H and O–H groups in total. The number of carbonyl (C=O) groups excluding carboxylic acids is 1. The molecule has 0 fully saturated rings. The Morgan fingerprint density at radius 2 is 1.96 bits per heavy atom. The van der Waals surface area contributed by atoms with Gasteiger partial charge in [0.25, 0.3) is 11.5 Å². The second-order valence-electron chi connectivity index (χ2n) is 5.85. The lowest BCUT2D eigenvalue weighted by atomic mass is 10.1. The summed E-state index contributed by atoms with van der Waals surface area (Å²) in [6, 6.07) is 13.2. The maximum atomic E-state index is 12.1. The highest BCUT2D eigenvalue weighted by Gasteiger charge is 2.16. The van der Waals surface area contributed by atoms with Crippen molar-refractivity contribution in [1.29, 1.82) is 0 Å². The number of benzene rings is 2. The van der Waals surface area contributed by atoms with Crippen LogP contribution >= 0.6 is 11.6 Å². The number of halogens is 1. The highest BCUT2D eigenvalue weighted by Crippen LogP contribution is 2.22. The lowest BCUT2D eigenvalue weighted by molar-refractivity contribution is 0.0955. The molecule has 0 spiro atoms. The van der Waals surface area contributed by atoms with Crippen LogP contribution in [0.2, 0.25) is 5.02 Å². The van der Waals surface area contributed by atoms with Gasteiger partial charge in [0.15, 0.2) is 0 Å². The first-order valence-corrected chi connectivity index (χ1v) is 8.49. The van der Waals surface area contributed by atoms with E-state index >= 15 is 0 Å². The molecule has 0 aliphatic heterocycles. The molecule has 0 aliphatic carbocycles. The fourth-order valence-electron chi connectivity index (χ4n) is 2.52. The van der Waals surface area contributed by atoms with E-state index in [1.165, 1.54) is 12.1 Å². The van der Waals surface area contributed by atoms with Crippen LogP contribution in [0.15, 0.2) is 63.2 Å². The third kappa shape index (κ3) is 3.86. The van der Waals surface area contributed by atoms with Crippen molar-refractivity contribution in [2.45, 2.75) is 6.92 Å². The summed E-state index contributed by atoms with van der Waals surface area (Å²) in [6.45, 7) is 1.84. The highest BCUT2D eigenvalue weighted by molar-refractivity contribution is 6.32. The van der Waals surface area contributed by atoms with Crippen LogP contribution < -0.4 is 16.7 Å². The predicted molar refractivity (Wildman–Crippen MR) is 106 cm³/mol. The zero-order valence-electron chi connectivity index (χ0n) is 14.6. The third-order valence-electron chi connectivity index (χ3n) is 3.85. The average molecular weight is 399 g/mol. The number of rotatable bonds is 4. The first kappa shape index (κ1) is 19.1. The third-order valence-corrected chi connectivity index (χ3v) is 4.17. The van der Waals surface area contributed by atoms with Crippen molar-refractivity contribution in [2.24, 2.45) is 5.10 Å². The molecule has 0 unspecified atom stereocenters. The number of hydrogen-bond donors (Lipinski definition) is 3. The number of aromatic nitrogens is 2. The van der Waals surface area contributed by atoms with E-state index in [1.807, 2.05) is 13.0 Å². The number of aryl methyl sites for hydroxylation is 1. The van der Waals surface area contributed by atoms with E-state index < -0.39 is 23.0 Å². The molecule has 142 valence electrons. The second kappa shape index (κ2) is 7.93. The van der Waals surface area contributed by atoms with Crippen LogP contribution in [-0.2, 0) is 0 Å². The lowest BCUT2D eigenvalue weighted by Crippen LogP contribution is -2.31. The molecule has 1 aromatic heterocycles. The zero-order valence-corrected chi connectivity index (χ0v) is 15.4. The predicted octanol–water partition coefficient (Wildman–Crippen LogP) is 1.96. The fraction of sp³-hybridized carbons (Fsp3) is 0.0526. The van der Waals surface area contributed by atoms with Gasteiger partial charge in [0.05, 0.1) is 16.9 Å². The van der Waals surface area contributed by atoms with Crippen LogP contribution in [0.1, 0.15) is 21.5 Å². The molecule has 1 heterocycles. The standard InChI is InChI=1S/C19H15ClN4O4/c1-11-5-4-6-12(9-11)16(25)23-21-10-13-17(26)22-19(28)24(18(13)27)15-8-3-2-7-14(15)20/h2-10,27H,1H3,(H,23,25)(H,22,26,28). The van der Waals surface area contributed by atoms with Crippen molar-refractivity contribution in [3.8, 4) is 11.6 Å². The Morgan fingerprint density at radius 1 is 1.21 bits per heavy atom. The minimum atomic E-state index is -0.864. The number of hydrazone groups is 1. The molecular weight excluding hydrogens is 384 g/mol. The molecule has 0 saturated carbocycles. The first-order chi connectivity index (χ1) is 13.4. The first-order valence-electron chi connectivity index (χ1n) is 8.11. The van der Waals surface area contributed by atoms with Gasteiger partial charge < -0.3 is 5.11 Å². The number of carbonyl (C=O) groups is 1. The molecule has 0 aliphatic rings. The van der Waals surface area contributed by atoms with Gasteiger partial charge in [-0.2, -0.15) is 5.10 Å². The number of aromatic hydroxyl groups is 1. The molecule has 9 heteroatoms. The van der Waals surface area contributed by atoms with Gasteiger partial charge in [0, 0.05) is 5.56 Å². The van der Waals surface area contributed by atoms with E-state index in [1.54, 1.807) is 30.3 Å². The minimum absolute atomic E-state index is 0.182. The quantitative estimate of drug-likeness (QED) is 0.460. The Kier molecular flexibility index (Phi) is 5.42. The number of para-hydroxylation sites is 1. The molecule has 0 bridgehead atoms. The maximum absolute atomic E-state index is 12.1. The van der Waals surface area contributed by atoms with Gasteiger partial charge in [0.2, 0.25) is 5.88 Å². The average Bonchev–Trinajstić information content (AvgIpc) is 2.65.